The summed E-state index contributed by atoms with van der Waals surface area (Å²) >= 11 is 0. The second kappa shape index (κ2) is 10.2. The molecule has 0 saturated carbocycles. The Bertz CT molecular complexity index is 1590. The van der Waals surface area contributed by atoms with Gasteiger partial charge in [0.25, 0.3) is 0 Å². The van der Waals surface area contributed by atoms with Crippen molar-refractivity contribution in [2.24, 2.45) is 0 Å². The summed E-state index contributed by atoms with van der Waals surface area (Å²) in [5.74, 6) is 0. The van der Waals surface area contributed by atoms with E-state index < -0.39 is 0 Å². The van der Waals surface area contributed by atoms with Crippen LogP contribution in [-0.4, -0.2) is 0 Å². The van der Waals surface area contributed by atoms with Crippen molar-refractivity contribution in [3.05, 3.63) is 147 Å². The first-order valence-corrected chi connectivity index (χ1v) is 13.8. The van der Waals surface area contributed by atoms with Gasteiger partial charge >= 0.3 is 0 Å². The number of hydrogen-bond acceptors (Lipinski definition) is 0. The Morgan fingerprint density at radius 1 is 0.676 bits per heavy atom. The van der Waals surface area contributed by atoms with Gasteiger partial charge < -0.3 is 0 Å². The SMILES string of the molecule is CCCc1c(C2=CC=CC2)c2c(c(CCC)c1=C(c1ccccc1)c1ccccc1)-c1ccccc1C=2. The molecule has 0 radical (unpaired) electrons. The predicted octanol–water partition coefficient (Wildman–Crippen LogP) is 7.99. The maximum Gasteiger partial charge on any atom is -0.00329 e. The Morgan fingerprint density at radius 3 is 1.86 bits per heavy atom. The first-order valence-electron chi connectivity index (χ1n) is 13.8. The zero-order valence-electron chi connectivity index (χ0n) is 21.9. The van der Waals surface area contributed by atoms with E-state index in [1.165, 1.54) is 66.1 Å². The molecule has 0 heterocycles. The van der Waals surface area contributed by atoms with Crippen molar-refractivity contribution < 1.29 is 0 Å². The van der Waals surface area contributed by atoms with Gasteiger partial charge in [-0.05, 0) is 91.4 Å². The molecule has 2 aliphatic carbocycles. The quantitative estimate of drug-likeness (QED) is 0.222. The predicted molar refractivity (Wildman–Crippen MR) is 159 cm³/mol. The van der Waals surface area contributed by atoms with E-state index in [0.29, 0.717) is 0 Å². The summed E-state index contributed by atoms with van der Waals surface area (Å²) in [4.78, 5) is 0. The van der Waals surface area contributed by atoms with E-state index in [1.807, 2.05) is 0 Å². The van der Waals surface area contributed by atoms with Crippen molar-refractivity contribution >= 4 is 17.2 Å². The number of allylic oxidation sites excluding steroid dienone is 4. The highest BCUT2D eigenvalue weighted by atomic mass is 14.3. The number of rotatable bonds is 7. The van der Waals surface area contributed by atoms with Crippen LogP contribution in [0.25, 0.3) is 28.3 Å². The maximum atomic E-state index is 2.46. The fourth-order valence-corrected chi connectivity index (χ4v) is 6.31. The van der Waals surface area contributed by atoms with Crippen molar-refractivity contribution in [3.8, 4) is 11.1 Å². The fourth-order valence-electron chi connectivity index (χ4n) is 6.31. The molecule has 37 heavy (non-hydrogen) atoms. The highest BCUT2D eigenvalue weighted by Gasteiger charge is 2.26. The first-order chi connectivity index (χ1) is 18.3. The van der Waals surface area contributed by atoms with Gasteiger partial charge in [0, 0.05) is 0 Å². The van der Waals surface area contributed by atoms with E-state index in [1.54, 1.807) is 0 Å². The molecule has 0 spiro atoms. The molecule has 0 unspecified atom stereocenters. The van der Waals surface area contributed by atoms with Crippen molar-refractivity contribution in [3.63, 3.8) is 0 Å². The summed E-state index contributed by atoms with van der Waals surface area (Å²) in [5, 5.41) is 2.90. The average Bonchev–Trinajstić information content (AvgIpc) is 3.60. The summed E-state index contributed by atoms with van der Waals surface area (Å²) in [5.41, 5.74) is 14.1. The van der Waals surface area contributed by atoms with Crippen LogP contribution in [0.2, 0.25) is 0 Å². The van der Waals surface area contributed by atoms with E-state index in [-0.39, 0.29) is 0 Å². The third-order valence-corrected chi connectivity index (χ3v) is 7.74. The van der Waals surface area contributed by atoms with Gasteiger partial charge in [-0.1, -0.05) is 130 Å². The average molecular weight is 479 g/mol. The largest absolute Gasteiger partial charge is 0.0801 e. The standard InChI is InChI=1S/C37H34/c1-3-15-31-35(28-21-11-12-22-28)33-25-29-23-13-14-24-30(29)36(33)32(16-4-2)37(31)34(26-17-7-5-8-18-26)27-19-9-6-10-20-27/h5-14,17-21,23-25H,3-4,15-16,22H2,1-2H3. The number of benzene rings is 4. The number of hydrogen-bond donors (Lipinski definition) is 0. The molecule has 4 aromatic rings. The lowest BCUT2D eigenvalue weighted by atomic mass is 9.81. The van der Waals surface area contributed by atoms with Crippen LogP contribution < -0.4 is 10.4 Å². The van der Waals surface area contributed by atoms with Gasteiger partial charge in [-0.3, -0.25) is 0 Å². The van der Waals surface area contributed by atoms with E-state index in [2.05, 4.69) is 123 Å². The summed E-state index contributed by atoms with van der Waals surface area (Å²) in [6.07, 6.45) is 14.7. The minimum atomic E-state index is 1.01. The van der Waals surface area contributed by atoms with Crippen LogP contribution in [0.15, 0.2) is 103 Å². The van der Waals surface area contributed by atoms with Crippen LogP contribution in [0.5, 0.6) is 0 Å². The Kier molecular flexibility index (Phi) is 6.49. The van der Waals surface area contributed by atoms with E-state index in [9.17, 15) is 0 Å². The molecule has 4 aromatic carbocycles. The van der Waals surface area contributed by atoms with E-state index in [4.69, 9.17) is 0 Å². The highest BCUT2D eigenvalue weighted by Crippen LogP contribution is 2.35. The molecule has 0 fully saturated rings. The smallest absolute Gasteiger partial charge is 0.00329 e. The van der Waals surface area contributed by atoms with Crippen LogP contribution >= 0.6 is 0 Å². The second-order valence-corrected chi connectivity index (χ2v) is 10.2. The monoisotopic (exact) mass is 478 g/mol. The van der Waals surface area contributed by atoms with Crippen LogP contribution in [0.1, 0.15) is 66.5 Å². The second-order valence-electron chi connectivity index (χ2n) is 10.2. The lowest BCUT2D eigenvalue weighted by Crippen LogP contribution is -2.30. The minimum absolute atomic E-state index is 1.01. The van der Waals surface area contributed by atoms with Crippen molar-refractivity contribution in [1.82, 2.24) is 0 Å². The lowest BCUT2D eigenvalue weighted by molar-refractivity contribution is 0.878. The molecule has 6 rings (SSSR count). The lowest BCUT2D eigenvalue weighted by Gasteiger charge is -2.22. The molecule has 182 valence electrons. The van der Waals surface area contributed by atoms with Gasteiger partial charge in [0.1, 0.15) is 0 Å². The molecule has 0 atom stereocenters. The van der Waals surface area contributed by atoms with Gasteiger partial charge in [0.2, 0.25) is 0 Å². The Hall–Kier alpha value is -3.90. The minimum Gasteiger partial charge on any atom is -0.0801 e. The maximum absolute atomic E-state index is 2.46. The van der Waals surface area contributed by atoms with Crippen molar-refractivity contribution in [1.29, 1.82) is 0 Å². The molecule has 0 aromatic heterocycles. The van der Waals surface area contributed by atoms with Crippen LogP contribution in [0.4, 0.5) is 0 Å². The van der Waals surface area contributed by atoms with Crippen molar-refractivity contribution in [2.75, 3.05) is 0 Å². The van der Waals surface area contributed by atoms with E-state index in [0.717, 1.165) is 32.1 Å². The van der Waals surface area contributed by atoms with Crippen LogP contribution in [0.3, 0.4) is 0 Å². The van der Waals surface area contributed by atoms with Gasteiger partial charge in [-0.15, -0.1) is 0 Å². The Balaban J connectivity index is 1.89. The molecule has 0 bridgehead atoms. The highest BCUT2D eigenvalue weighted by molar-refractivity contribution is 5.92. The van der Waals surface area contributed by atoms with Crippen LogP contribution in [-0.2, 0) is 12.8 Å². The molecular weight excluding hydrogens is 444 g/mol. The van der Waals surface area contributed by atoms with Gasteiger partial charge in [0.05, 0.1) is 0 Å². The normalized spacial score (nSPS) is 13.2. The first kappa shape index (κ1) is 23.5. The molecule has 0 amide bonds. The third-order valence-electron chi connectivity index (χ3n) is 7.74. The molecule has 0 aliphatic heterocycles. The molecular formula is C37H34. The topological polar surface area (TPSA) is 0 Å². The van der Waals surface area contributed by atoms with Gasteiger partial charge in [-0.2, -0.15) is 0 Å². The van der Waals surface area contributed by atoms with Crippen molar-refractivity contribution in [2.45, 2.75) is 46.0 Å². The Labute approximate surface area is 221 Å². The molecule has 0 N–H and O–H groups in total. The van der Waals surface area contributed by atoms with E-state index >= 15 is 0 Å². The summed E-state index contributed by atoms with van der Waals surface area (Å²) < 4.78 is 0. The molecule has 0 nitrogen and oxygen atoms in total. The Morgan fingerprint density at radius 2 is 1.27 bits per heavy atom. The van der Waals surface area contributed by atoms with Gasteiger partial charge in [0.15, 0.2) is 0 Å². The van der Waals surface area contributed by atoms with Crippen LogP contribution in [0, 0.1) is 0 Å². The third kappa shape index (κ3) is 4.11. The summed E-state index contributed by atoms with van der Waals surface area (Å²) in [6, 6.07) is 31.1. The fraction of sp³-hybridized carbons (Fsp3) is 0.189. The number of fused-ring (bicyclic) bond motifs is 3. The molecule has 0 saturated heterocycles. The van der Waals surface area contributed by atoms with Gasteiger partial charge in [-0.25, -0.2) is 0 Å². The summed E-state index contributed by atoms with van der Waals surface area (Å²) in [7, 11) is 0. The molecule has 0 heteroatoms. The molecule has 2 aliphatic rings. The zero-order valence-corrected chi connectivity index (χ0v) is 21.9. The summed E-state index contributed by atoms with van der Waals surface area (Å²) in [6.45, 7) is 4.65. The zero-order chi connectivity index (χ0) is 25.2.